The van der Waals surface area contributed by atoms with E-state index in [0.717, 1.165) is 5.56 Å². The van der Waals surface area contributed by atoms with Gasteiger partial charge in [-0.2, -0.15) is 0 Å². The van der Waals surface area contributed by atoms with Gasteiger partial charge in [0.2, 0.25) is 0 Å². The second kappa shape index (κ2) is 10.0. The summed E-state index contributed by atoms with van der Waals surface area (Å²) >= 11 is 0. The van der Waals surface area contributed by atoms with Gasteiger partial charge in [0, 0.05) is 18.3 Å². The summed E-state index contributed by atoms with van der Waals surface area (Å²) in [6.07, 6.45) is 1.54. The van der Waals surface area contributed by atoms with Crippen molar-refractivity contribution in [2.45, 2.75) is 71.8 Å². The quantitative estimate of drug-likeness (QED) is 0.568. The number of hydrogen-bond donors (Lipinski definition) is 2. The average Bonchev–Trinajstić information content (AvgIpc) is 3.09. The first kappa shape index (κ1) is 24.5. The van der Waals surface area contributed by atoms with E-state index in [9.17, 15) is 14.7 Å². The molecule has 1 aromatic carbocycles. The van der Waals surface area contributed by atoms with Gasteiger partial charge in [0.1, 0.15) is 5.60 Å². The van der Waals surface area contributed by atoms with Gasteiger partial charge in [-0.05, 0) is 59.6 Å². The van der Waals surface area contributed by atoms with Crippen molar-refractivity contribution in [1.82, 2.24) is 9.88 Å². The van der Waals surface area contributed by atoms with Crippen LogP contribution >= 0.6 is 0 Å². The molecule has 0 aliphatic heterocycles. The number of alkyl carbamates (subject to hydrolysis) is 1. The van der Waals surface area contributed by atoms with E-state index in [2.05, 4.69) is 5.32 Å². The normalized spacial score (nSPS) is 13.0. The molecule has 1 heterocycles. The Kier molecular flexibility index (Phi) is 7.90. The summed E-state index contributed by atoms with van der Waals surface area (Å²) in [6.45, 7) is 12.1. The second-order valence-electron chi connectivity index (χ2n) is 9.49. The zero-order valence-corrected chi connectivity index (χ0v) is 19.3. The van der Waals surface area contributed by atoms with Crippen molar-refractivity contribution in [3.63, 3.8) is 0 Å². The number of carbonyl (C=O) groups excluding carboxylic acids is 1. The smallest absolute Gasteiger partial charge is 0.408 e. The molecule has 170 valence electrons. The van der Waals surface area contributed by atoms with Crippen molar-refractivity contribution in [3.8, 4) is 0 Å². The molecule has 0 unspecified atom stereocenters. The molecule has 7 nitrogen and oxygen atoms in total. The molecule has 2 N–H and O–H groups in total. The number of carbonyl (C=O) groups is 2. The summed E-state index contributed by atoms with van der Waals surface area (Å²) in [6, 6.07) is 10.8. The van der Waals surface area contributed by atoms with Crippen LogP contribution in [0.2, 0.25) is 0 Å². The van der Waals surface area contributed by atoms with E-state index in [1.54, 1.807) is 33.0 Å². The third kappa shape index (κ3) is 7.43. The van der Waals surface area contributed by atoms with Gasteiger partial charge >= 0.3 is 12.1 Å². The predicted octanol–water partition coefficient (Wildman–Crippen LogP) is 5.11. The number of carboxylic acids is 1. The first-order chi connectivity index (χ1) is 14.4. The molecular formula is C24H34N2O5. The molecule has 0 aliphatic rings. The molecule has 0 saturated carbocycles. The first-order valence-electron chi connectivity index (χ1n) is 10.4. The Bertz CT molecular complexity index is 876. The fourth-order valence-corrected chi connectivity index (χ4v) is 3.26. The maximum Gasteiger partial charge on any atom is 0.408 e. The molecule has 0 bridgehead atoms. The molecule has 1 atom stereocenters. The lowest BCUT2D eigenvalue weighted by molar-refractivity contribution is 0.0473. The van der Waals surface area contributed by atoms with E-state index >= 15 is 0 Å². The zero-order valence-electron chi connectivity index (χ0n) is 19.3. The summed E-state index contributed by atoms with van der Waals surface area (Å²) < 4.78 is 13.1. The molecular weight excluding hydrogens is 396 g/mol. The van der Waals surface area contributed by atoms with Gasteiger partial charge < -0.3 is 24.5 Å². The number of hydrogen-bond acceptors (Lipinski definition) is 4. The van der Waals surface area contributed by atoms with E-state index in [1.165, 1.54) is 0 Å². The minimum absolute atomic E-state index is 0.152. The lowest BCUT2D eigenvalue weighted by atomic mass is 10.0. The minimum Gasteiger partial charge on any atom is -0.478 e. The van der Waals surface area contributed by atoms with Crippen molar-refractivity contribution in [2.24, 2.45) is 0 Å². The molecule has 2 rings (SSSR count). The van der Waals surface area contributed by atoms with Crippen LogP contribution in [-0.2, 0) is 21.6 Å². The lowest BCUT2D eigenvalue weighted by Gasteiger charge is -2.30. The molecule has 0 fully saturated rings. The monoisotopic (exact) mass is 430 g/mol. The number of nitrogens with zero attached hydrogens (tertiary/aromatic N) is 1. The fraction of sp³-hybridized carbons (Fsp3) is 0.500. The van der Waals surface area contributed by atoms with Gasteiger partial charge in [-0.1, -0.05) is 30.3 Å². The SMILES string of the molecule is CC(C)(C)OC(=O)N[C@H](CCOCc1ccccc1)c1c(C(=O)O)ccn1C(C)(C)C. The summed E-state index contributed by atoms with van der Waals surface area (Å²) in [5.74, 6) is -1.04. The summed E-state index contributed by atoms with van der Waals surface area (Å²) in [5.41, 5.74) is 0.679. The van der Waals surface area contributed by atoms with E-state index < -0.39 is 23.7 Å². The minimum atomic E-state index is -1.04. The standard InChI is InChI=1S/C24H34N2O5/c1-23(2,3)26-14-12-18(21(27)28)20(26)19(25-22(29)31-24(4,5)6)13-15-30-16-17-10-8-7-9-11-17/h7-12,14,19H,13,15-16H2,1-6H3,(H,25,29)(H,27,28)/t19-/m1/s1. The van der Waals surface area contributed by atoms with Crippen molar-refractivity contribution in [3.05, 3.63) is 59.4 Å². The van der Waals surface area contributed by atoms with Crippen LogP contribution in [0, 0.1) is 0 Å². The van der Waals surface area contributed by atoms with Crippen molar-refractivity contribution in [2.75, 3.05) is 6.61 Å². The van der Waals surface area contributed by atoms with E-state index in [4.69, 9.17) is 9.47 Å². The van der Waals surface area contributed by atoms with Crippen LogP contribution in [0.25, 0.3) is 0 Å². The highest BCUT2D eigenvalue weighted by Gasteiger charge is 2.30. The largest absolute Gasteiger partial charge is 0.478 e. The Balaban J connectivity index is 2.26. The molecule has 2 aromatic rings. The molecule has 1 amide bonds. The molecule has 1 aromatic heterocycles. The van der Waals surface area contributed by atoms with Crippen LogP contribution in [0.4, 0.5) is 4.79 Å². The Morgan fingerprint density at radius 1 is 1.06 bits per heavy atom. The number of ether oxygens (including phenoxy) is 2. The van der Waals surface area contributed by atoms with Crippen LogP contribution in [0.15, 0.2) is 42.6 Å². The van der Waals surface area contributed by atoms with Crippen LogP contribution in [-0.4, -0.2) is 33.9 Å². The number of aromatic carboxylic acids is 1. The van der Waals surface area contributed by atoms with Gasteiger partial charge in [-0.3, -0.25) is 0 Å². The summed E-state index contributed by atoms with van der Waals surface area (Å²) in [7, 11) is 0. The molecule has 31 heavy (non-hydrogen) atoms. The molecule has 7 heteroatoms. The topological polar surface area (TPSA) is 89.8 Å². The molecule has 0 aliphatic carbocycles. The molecule has 0 saturated heterocycles. The molecule has 0 spiro atoms. The van der Waals surface area contributed by atoms with Crippen molar-refractivity contribution in [1.29, 1.82) is 0 Å². The highest BCUT2D eigenvalue weighted by Crippen LogP contribution is 2.29. The van der Waals surface area contributed by atoms with Crippen LogP contribution < -0.4 is 5.32 Å². The lowest BCUT2D eigenvalue weighted by Crippen LogP contribution is -2.38. The third-order valence-corrected chi connectivity index (χ3v) is 4.56. The first-order valence-corrected chi connectivity index (χ1v) is 10.4. The fourth-order valence-electron chi connectivity index (χ4n) is 3.26. The Morgan fingerprint density at radius 3 is 2.26 bits per heavy atom. The van der Waals surface area contributed by atoms with Gasteiger partial charge in [0.25, 0.3) is 0 Å². The maximum absolute atomic E-state index is 12.5. The van der Waals surface area contributed by atoms with Gasteiger partial charge in [0.15, 0.2) is 0 Å². The number of nitrogens with one attached hydrogen (secondary N) is 1. The van der Waals surface area contributed by atoms with Crippen molar-refractivity contribution < 1.29 is 24.2 Å². The number of aromatic nitrogens is 1. The highest BCUT2D eigenvalue weighted by atomic mass is 16.6. The Hall–Kier alpha value is -2.80. The number of carboxylic acid groups (broad SMARTS) is 1. The van der Waals surface area contributed by atoms with Crippen LogP contribution in [0.5, 0.6) is 0 Å². The van der Waals surface area contributed by atoms with E-state index in [1.807, 2.05) is 55.7 Å². The number of amides is 1. The number of rotatable bonds is 8. The predicted molar refractivity (Wildman–Crippen MR) is 119 cm³/mol. The van der Waals surface area contributed by atoms with Gasteiger partial charge in [-0.25, -0.2) is 9.59 Å². The molecule has 0 radical (unpaired) electrons. The van der Waals surface area contributed by atoms with Gasteiger partial charge in [0.05, 0.1) is 23.9 Å². The highest BCUT2D eigenvalue weighted by molar-refractivity contribution is 5.89. The maximum atomic E-state index is 12.5. The van der Waals surface area contributed by atoms with Crippen molar-refractivity contribution >= 4 is 12.1 Å². The van der Waals surface area contributed by atoms with Crippen LogP contribution in [0.3, 0.4) is 0 Å². The van der Waals surface area contributed by atoms with E-state index in [-0.39, 0.29) is 11.1 Å². The third-order valence-electron chi connectivity index (χ3n) is 4.56. The van der Waals surface area contributed by atoms with E-state index in [0.29, 0.717) is 25.3 Å². The van der Waals surface area contributed by atoms with Gasteiger partial charge in [-0.15, -0.1) is 0 Å². The Morgan fingerprint density at radius 2 is 1.71 bits per heavy atom. The van der Waals surface area contributed by atoms with Crippen LogP contribution in [0.1, 0.15) is 75.6 Å². The Labute approximate surface area is 184 Å². The zero-order chi connectivity index (χ0) is 23.2. The number of benzene rings is 1. The second-order valence-corrected chi connectivity index (χ2v) is 9.49. The average molecular weight is 431 g/mol. The summed E-state index contributed by atoms with van der Waals surface area (Å²) in [5, 5.41) is 12.6. The summed E-state index contributed by atoms with van der Waals surface area (Å²) in [4.78, 5) is 24.4.